The minimum absolute atomic E-state index is 0.301. The summed E-state index contributed by atoms with van der Waals surface area (Å²) in [4.78, 5) is 11.6. The Bertz CT molecular complexity index is 642. The van der Waals surface area contributed by atoms with Gasteiger partial charge in [0.2, 0.25) is 0 Å². The van der Waals surface area contributed by atoms with E-state index in [1.807, 2.05) is 54.6 Å². The molecule has 1 aliphatic heterocycles. The van der Waals surface area contributed by atoms with Gasteiger partial charge in [0.25, 0.3) is 0 Å². The van der Waals surface area contributed by atoms with Gasteiger partial charge in [0.05, 0.1) is 7.11 Å². The van der Waals surface area contributed by atoms with Crippen molar-refractivity contribution in [2.75, 3.05) is 7.11 Å². The van der Waals surface area contributed by atoms with E-state index >= 15 is 0 Å². The first-order chi connectivity index (χ1) is 9.78. The number of carbonyl (C=O) groups is 1. The molecule has 0 aromatic heterocycles. The molecule has 0 spiro atoms. The summed E-state index contributed by atoms with van der Waals surface area (Å²) in [7, 11) is 1.63. The van der Waals surface area contributed by atoms with Gasteiger partial charge < -0.3 is 9.47 Å². The summed E-state index contributed by atoms with van der Waals surface area (Å²) in [5.74, 6) is 0.487. The van der Waals surface area contributed by atoms with E-state index < -0.39 is 0 Å². The van der Waals surface area contributed by atoms with Crippen molar-refractivity contribution in [3.05, 3.63) is 71.8 Å². The van der Waals surface area contributed by atoms with Crippen LogP contribution in [-0.2, 0) is 9.53 Å². The van der Waals surface area contributed by atoms with Crippen molar-refractivity contribution in [1.82, 2.24) is 0 Å². The van der Waals surface area contributed by atoms with Crippen LogP contribution in [0.15, 0.2) is 60.7 Å². The topological polar surface area (TPSA) is 35.5 Å². The third-order valence-corrected chi connectivity index (χ3v) is 3.32. The predicted molar refractivity (Wildman–Crippen MR) is 76.2 cm³/mol. The lowest BCUT2D eigenvalue weighted by molar-refractivity contribution is -0.138. The molecule has 20 heavy (non-hydrogen) atoms. The van der Waals surface area contributed by atoms with Gasteiger partial charge in [-0.3, -0.25) is 0 Å². The van der Waals surface area contributed by atoms with Crippen molar-refractivity contribution >= 4 is 11.5 Å². The average Bonchev–Trinajstić information content (AvgIpc) is 2.90. The zero-order valence-corrected chi connectivity index (χ0v) is 11.1. The number of carbonyl (C=O) groups excluding carboxylic acids is 1. The molecule has 0 amide bonds. The largest absolute Gasteiger partial charge is 0.497 e. The zero-order valence-electron chi connectivity index (χ0n) is 11.1. The maximum atomic E-state index is 11.6. The summed E-state index contributed by atoms with van der Waals surface area (Å²) in [6.45, 7) is 0. The molecule has 2 aromatic rings. The first-order valence-electron chi connectivity index (χ1n) is 6.39. The first kappa shape index (κ1) is 12.5. The first-order valence-corrected chi connectivity index (χ1v) is 6.39. The Balaban J connectivity index is 1.97. The molecule has 0 fully saturated rings. The lowest BCUT2D eigenvalue weighted by Gasteiger charge is -2.15. The molecule has 100 valence electrons. The van der Waals surface area contributed by atoms with E-state index in [-0.39, 0.29) is 12.1 Å². The highest BCUT2D eigenvalue weighted by atomic mass is 16.5. The summed E-state index contributed by atoms with van der Waals surface area (Å²) >= 11 is 0. The molecular weight excluding hydrogens is 252 g/mol. The number of rotatable bonds is 3. The van der Waals surface area contributed by atoms with Gasteiger partial charge in [-0.25, -0.2) is 4.79 Å². The molecule has 0 bridgehead atoms. The van der Waals surface area contributed by atoms with Crippen LogP contribution in [0.1, 0.15) is 17.2 Å². The highest BCUT2D eigenvalue weighted by molar-refractivity contribution is 5.97. The second kappa shape index (κ2) is 5.21. The Morgan fingerprint density at radius 2 is 1.70 bits per heavy atom. The van der Waals surface area contributed by atoms with Gasteiger partial charge in [0.15, 0.2) is 6.10 Å². The molecule has 1 aliphatic rings. The third-order valence-electron chi connectivity index (χ3n) is 3.32. The van der Waals surface area contributed by atoms with E-state index in [0.29, 0.717) is 0 Å². The van der Waals surface area contributed by atoms with Gasteiger partial charge in [0.1, 0.15) is 5.75 Å². The van der Waals surface area contributed by atoms with E-state index in [9.17, 15) is 4.79 Å². The molecule has 3 nitrogen and oxygen atoms in total. The van der Waals surface area contributed by atoms with Crippen LogP contribution in [0.25, 0.3) is 5.57 Å². The summed E-state index contributed by atoms with van der Waals surface area (Å²) in [6.07, 6.45) is 1.22. The molecule has 1 heterocycles. The fourth-order valence-electron chi connectivity index (χ4n) is 2.31. The Morgan fingerprint density at radius 1 is 1.00 bits per heavy atom. The van der Waals surface area contributed by atoms with Gasteiger partial charge in [-0.1, -0.05) is 42.5 Å². The fraction of sp³-hybridized carbons (Fsp3) is 0.118. The Kier molecular flexibility index (Phi) is 3.25. The predicted octanol–water partition coefficient (Wildman–Crippen LogP) is 3.38. The maximum absolute atomic E-state index is 11.6. The van der Waals surface area contributed by atoms with Crippen molar-refractivity contribution in [3.8, 4) is 5.75 Å². The van der Waals surface area contributed by atoms with Crippen LogP contribution in [0.5, 0.6) is 5.75 Å². The normalized spacial score (nSPS) is 17.6. The molecule has 0 saturated carbocycles. The third kappa shape index (κ3) is 2.30. The van der Waals surface area contributed by atoms with E-state index in [1.54, 1.807) is 13.2 Å². The summed E-state index contributed by atoms with van der Waals surface area (Å²) < 4.78 is 10.6. The fourth-order valence-corrected chi connectivity index (χ4v) is 2.31. The molecule has 0 saturated heterocycles. The SMILES string of the molecule is COc1ccc(C2=CC(=O)OC2c2ccccc2)cc1. The second-order valence-corrected chi connectivity index (χ2v) is 4.56. The highest BCUT2D eigenvalue weighted by Gasteiger charge is 2.28. The van der Waals surface area contributed by atoms with Gasteiger partial charge in [-0.15, -0.1) is 0 Å². The molecular formula is C17H14O3. The molecule has 1 atom stereocenters. The molecule has 0 N–H and O–H groups in total. The van der Waals surface area contributed by atoms with Crippen LogP contribution < -0.4 is 4.74 Å². The second-order valence-electron chi connectivity index (χ2n) is 4.56. The van der Waals surface area contributed by atoms with E-state index in [2.05, 4.69) is 0 Å². The molecule has 1 unspecified atom stereocenters. The van der Waals surface area contributed by atoms with Gasteiger partial charge in [-0.2, -0.15) is 0 Å². The minimum atomic E-state index is -0.336. The van der Waals surface area contributed by atoms with Crippen LogP contribution in [0.2, 0.25) is 0 Å². The maximum Gasteiger partial charge on any atom is 0.332 e. The van der Waals surface area contributed by atoms with Crippen LogP contribution in [0, 0.1) is 0 Å². The number of hydrogen-bond acceptors (Lipinski definition) is 3. The standard InChI is InChI=1S/C17H14O3/c1-19-14-9-7-12(8-10-14)15-11-16(18)20-17(15)13-5-3-2-4-6-13/h2-11,17H,1H3. The number of methoxy groups -OCH3 is 1. The molecule has 3 heteroatoms. The number of ether oxygens (including phenoxy) is 2. The van der Waals surface area contributed by atoms with E-state index in [4.69, 9.17) is 9.47 Å². The number of benzene rings is 2. The van der Waals surface area contributed by atoms with E-state index in [1.165, 1.54) is 0 Å². The molecule has 0 aliphatic carbocycles. The minimum Gasteiger partial charge on any atom is -0.497 e. The number of esters is 1. The smallest absolute Gasteiger partial charge is 0.332 e. The molecule has 0 radical (unpaired) electrons. The van der Waals surface area contributed by atoms with E-state index in [0.717, 1.165) is 22.4 Å². The summed E-state index contributed by atoms with van der Waals surface area (Å²) in [5, 5.41) is 0. The highest BCUT2D eigenvalue weighted by Crippen LogP contribution is 2.37. The quantitative estimate of drug-likeness (QED) is 0.799. The van der Waals surface area contributed by atoms with Crippen LogP contribution in [0.3, 0.4) is 0 Å². The van der Waals surface area contributed by atoms with Crippen molar-refractivity contribution < 1.29 is 14.3 Å². The van der Waals surface area contributed by atoms with Gasteiger partial charge in [-0.05, 0) is 23.3 Å². The average molecular weight is 266 g/mol. The van der Waals surface area contributed by atoms with Crippen LogP contribution >= 0.6 is 0 Å². The molecule has 3 rings (SSSR count). The zero-order chi connectivity index (χ0) is 13.9. The van der Waals surface area contributed by atoms with Crippen LogP contribution in [0.4, 0.5) is 0 Å². The lowest BCUT2D eigenvalue weighted by atomic mass is 9.96. The van der Waals surface area contributed by atoms with Crippen LogP contribution in [-0.4, -0.2) is 13.1 Å². The molecule has 2 aromatic carbocycles. The van der Waals surface area contributed by atoms with Crippen molar-refractivity contribution in [3.63, 3.8) is 0 Å². The lowest BCUT2D eigenvalue weighted by Crippen LogP contribution is -2.02. The number of cyclic esters (lactones) is 1. The summed E-state index contributed by atoms with van der Waals surface area (Å²) in [5.41, 5.74) is 2.81. The van der Waals surface area contributed by atoms with Crippen molar-refractivity contribution in [2.45, 2.75) is 6.10 Å². The Morgan fingerprint density at radius 3 is 2.35 bits per heavy atom. The van der Waals surface area contributed by atoms with Gasteiger partial charge >= 0.3 is 5.97 Å². The van der Waals surface area contributed by atoms with Gasteiger partial charge in [0, 0.05) is 11.6 Å². The summed E-state index contributed by atoms with van der Waals surface area (Å²) in [6, 6.07) is 17.4. The number of hydrogen-bond donors (Lipinski definition) is 0. The Hall–Kier alpha value is -2.55. The van der Waals surface area contributed by atoms with Crippen molar-refractivity contribution in [1.29, 1.82) is 0 Å². The van der Waals surface area contributed by atoms with Crippen molar-refractivity contribution in [2.24, 2.45) is 0 Å². The Labute approximate surface area is 117 Å². The monoisotopic (exact) mass is 266 g/mol.